The molecule has 0 amide bonds. The predicted molar refractivity (Wildman–Crippen MR) is 84.2 cm³/mol. The Bertz CT molecular complexity index is 814. The van der Waals surface area contributed by atoms with Gasteiger partial charge in [0.1, 0.15) is 4.90 Å². The highest BCUT2D eigenvalue weighted by Gasteiger charge is 2.24. The molecule has 2 aromatic rings. The first-order chi connectivity index (χ1) is 10.2. The summed E-state index contributed by atoms with van der Waals surface area (Å²) in [5.74, 6) is -2.00. The second-order valence-corrected chi connectivity index (χ2v) is 7.92. The summed E-state index contributed by atoms with van der Waals surface area (Å²) in [4.78, 5) is -0.0533. The molecule has 0 atom stereocenters. The highest BCUT2D eigenvalue weighted by molar-refractivity contribution is 9.10. The fourth-order valence-electron chi connectivity index (χ4n) is 1.83. The summed E-state index contributed by atoms with van der Waals surface area (Å²) in [6.45, 7) is -0.105. The van der Waals surface area contributed by atoms with Crippen LogP contribution < -0.4 is 0 Å². The second kappa shape index (κ2) is 6.62. The predicted octanol–water partition coefficient (Wildman–Crippen LogP) is 4.20. The van der Waals surface area contributed by atoms with Crippen LogP contribution in [0.15, 0.2) is 45.8 Å². The second-order valence-electron chi connectivity index (χ2n) is 4.58. The molecule has 118 valence electrons. The molecule has 0 aliphatic heterocycles. The molecule has 0 aliphatic carbocycles. The maximum absolute atomic E-state index is 13.2. The molecule has 0 N–H and O–H groups in total. The van der Waals surface area contributed by atoms with E-state index in [9.17, 15) is 17.2 Å². The third-order valence-electron chi connectivity index (χ3n) is 2.97. The van der Waals surface area contributed by atoms with Crippen molar-refractivity contribution >= 4 is 37.6 Å². The van der Waals surface area contributed by atoms with Crippen molar-refractivity contribution in [1.82, 2.24) is 4.31 Å². The average Bonchev–Trinajstić information content (AvgIpc) is 2.42. The van der Waals surface area contributed by atoms with Crippen LogP contribution in [0.25, 0.3) is 0 Å². The third kappa shape index (κ3) is 3.65. The Morgan fingerprint density at radius 3 is 2.41 bits per heavy atom. The van der Waals surface area contributed by atoms with Crippen LogP contribution in [-0.2, 0) is 16.6 Å². The van der Waals surface area contributed by atoms with E-state index in [1.807, 2.05) is 0 Å². The van der Waals surface area contributed by atoms with Gasteiger partial charge < -0.3 is 0 Å². The van der Waals surface area contributed by atoms with Crippen molar-refractivity contribution in [2.24, 2.45) is 0 Å². The van der Waals surface area contributed by atoms with Crippen LogP contribution in [0.5, 0.6) is 0 Å². The van der Waals surface area contributed by atoms with E-state index >= 15 is 0 Å². The van der Waals surface area contributed by atoms with Gasteiger partial charge in [0.15, 0.2) is 11.6 Å². The van der Waals surface area contributed by atoms with Crippen molar-refractivity contribution < 1.29 is 17.2 Å². The van der Waals surface area contributed by atoms with Gasteiger partial charge in [0.05, 0.1) is 5.02 Å². The van der Waals surface area contributed by atoms with Crippen molar-refractivity contribution in [1.29, 1.82) is 0 Å². The number of rotatable bonds is 4. The fourth-order valence-corrected chi connectivity index (χ4v) is 4.00. The summed E-state index contributed by atoms with van der Waals surface area (Å²) in [5, 5.41) is 0.0755. The Balaban J connectivity index is 2.30. The molecule has 3 nitrogen and oxygen atoms in total. The minimum atomic E-state index is -3.84. The van der Waals surface area contributed by atoms with Gasteiger partial charge in [-0.1, -0.05) is 33.6 Å². The summed E-state index contributed by atoms with van der Waals surface area (Å²) < 4.78 is 52.7. The molecular weight excluding hydrogens is 400 g/mol. The van der Waals surface area contributed by atoms with Gasteiger partial charge >= 0.3 is 0 Å². The van der Waals surface area contributed by atoms with Gasteiger partial charge in [0.2, 0.25) is 10.0 Å². The monoisotopic (exact) mass is 409 g/mol. The molecule has 0 saturated heterocycles. The van der Waals surface area contributed by atoms with Crippen LogP contribution in [0, 0.1) is 11.6 Å². The summed E-state index contributed by atoms with van der Waals surface area (Å²) in [5.41, 5.74) is 0.332. The molecule has 22 heavy (non-hydrogen) atoms. The van der Waals surface area contributed by atoms with Crippen LogP contribution in [-0.4, -0.2) is 19.8 Å². The van der Waals surface area contributed by atoms with E-state index in [1.165, 1.54) is 25.2 Å². The van der Waals surface area contributed by atoms with E-state index in [0.29, 0.717) is 10.0 Å². The quantitative estimate of drug-likeness (QED) is 0.757. The molecule has 8 heteroatoms. The van der Waals surface area contributed by atoms with Gasteiger partial charge in [-0.3, -0.25) is 0 Å². The minimum absolute atomic E-state index is 0.0533. The van der Waals surface area contributed by atoms with E-state index in [-0.39, 0.29) is 16.5 Å². The molecule has 0 saturated carbocycles. The zero-order chi connectivity index (χ0) is 16.5. The molecule has 2 aromatic carbocycles. The van der Waals surface area contributed by atoms with Crippen LogP contribution in [0.1, 0.15) is 5.56 Å². The Kier molecular flexibility index (Phi) is 5.21. The summed E-state index contributed by atoms with van der Waals surface area (Å²) in [6.07, 6.45) is 0. The number of nitrogens with zero attached hydrogens (tertiary/aromatic N) is 1. The first-order valence-corrected chi connectivity index (χ1v) is 8.68. The van der Waals surface area contributed by atoms with E-state index in [1.54, 1.807) is 6.07 Å². The maximum atomic E-state index is 13.2. The summed E-state index contributed by atoms with van der Waals surface area (Å²) >= 11 is 9.16. The first kappa shape index (κ1) is 17.3. The number of halogens is 4. The highest BCUT2D eigenvalue weighted by atomic mass is 79.9. The smallest absolute Gasteiger partial charge is 0.207 e. The van der Waals surface area contributed by atoms with Gasteiger partial charge in [-0.2, -0.15) is 4.31 Å². The average molecular weight is 411 g/mol. The molecule has 0 aromatic heterocycles. The summed E-state index contributed by atoms with van der Waals surface area (Å²) in [6, 6.07) is 7.66. The molecule has 0 unspecified atom stereocenters. The molecule has 0 fully saturated rings. The van der Waals surface area contributed by atoms with E-state index in [4.69, 9.17) is 11.6 Å². The Morgan fingerprint density at radius 1 is 1.14 bits per heavy atom. The van der Waals surface area contributed by atoms with Gasteiger partial charge in [-0.25, -0.2) is 17.2 Å². The number of benzene rings is 2. The largest absolute Gasteiger partial charge is 0.244 e. The highest BCUT2D eigenvalue weighted by Crippen LogP contribution is 2.28. The van der Waals surface area contributed by atoms with E-state index < -0.39 is 21.7 Å². The molecule has 0 aliphatic rings. The van der Waals surface area contributed by atoms with E-state index in [2.05, 4.69) is 15.9 Å². The van der Waals surface area contributed by atoms with Crippen molar-refractivity contribution in [3.05, 3.63) is 63.1 Å². The SMILES string of the molecule is CN(Cc1ccc(F)c(F)c1)S(=O)(=O)c1ccc(Br)cc1Cl. The van der Waals surface area contributed by atoms with Crippen LogP contribution in [0.2, 0.25) is 5.02 Å². The van der Waals surface area contributed by atoms with Crippen molar-refractivity contribution in [2.75, 3.05) is 7.05 Å². The first-order valence-electron chi connectivity index (χ1n) is 6.07. The number of sulfonamides is 1. The Morgan fingerprint density at radius 2 is 1.82 bits per heavy atom. The standard InChI is InChI=1S/C14H11BrClF2NO2S/c1-19(8-9-2-4-12(17)13(18)6-9)22(20,21)14-5-3-10(15)7-11(14)16/h2-7H,8H2,1H3. The number of hydrogen-bond acceptors (Lipinski definition) is 2. The molecular formula is C14H11BrClF2NO2S. The van der Waals surface area contributed by atoms with Crippen molar-refractivity contribution in [3.8, 4) is 0 Å². The zero-order valence-electron chi connectivity index (χ0n) is 11.4. The Hall–Kier alpha value is -1.02. The topological polar surface area (TPSA) is 37.4 Å². The zero-order valence-corrected chi connectivity index (χ0v) is 14.5. The van der Waals surface area contributed by atoms with Crippen molar-refractivity contribution in [2.45, 2.75) is 11.4 Å². The van der Waals surface area contributed by atoms with Crippen LogP contribution in [0.3, 0.4) is 0 Å². The van der Waals surface area contributed by atoms with Crippen LogP contribution >= 0.6 is 27.5 Å². The molecule has 0 spiro atoms. The number of hydrogen-bond donors (Lipinski definition) is 0. The van der Waals surface area contributed by atoms with Crippen molar-refractivity contribution in [3.63, 3.8) is 0 Å². The van der Waals surface area contributed by atoms with Crippen LogP contribution in [0.4, 0.5) is 8.78 Å². The lowest BCUT2D eigenvalue weighted by Gasteiger charge is -2.18. The van der Waals surface area contributed by atoms with E-state index in [0.717, 1.165) is 16.4 Å². The fraction of sp³-hybridized carbons (Fsp3) is 0.143. The molecule has 2 rings (SSSR count). The lowest BCUT2D eigenvalue weighted by Crippen LogP contribution is -2.26. The lowest BCUT2D eigenvalue weighted by atomic mass is 10.2. The summed E-state index contributed by atoms with van der Waals surface area (Å²) in [7, 11) is -2.50. The van der Waals surface area contributed by atoms with Gasteiger partial charge in [-0.15, -0.1) is 0 Å². The third-order valence-corrected chi connectivity index (χ3v) is 5.75. The molecule has 0 heterocycles. The normalized spacial score (nSPS) is 11.9. The molecule has 0 bridgehead atoms. The maximum Gasteiger partial charge on any atom is 0.244 e. The van der Waals surface area contributed by atoms with Gasteiger partial charge in [0.25, 0.3) is 0 Å². The van der Waals surface area contributed by atoms with Gasteiger partial charge in [0, 0.05) is 18.1 Å². The molecule has 0 radical (unpaired) electrons. The lowest BCUT2D eigenvalue weighted by molar-refractivity contribution is 0.462. The Labute approximate surface area is 140 Å². The minimum Gasteiger partial charge on any atom is -0.207 e. The van der Waals surface area contributed by atoms with Gasteiger partial charge in [-0.05, 0) is 35.9 Å².